The van der Waals surface area contributed by atoms with E-state index in [-0.39, 0.29) is 149 Å². The normalized spacial score (nSPS) is 16.9. The Balaban J connectivity index is 0.000000126. The minimum absolute atomic E-state index is 0.00280. The zero-order valence-corrected chi connectivity index (χ0v) is 77.5. The largest absolute Gasteiger partial charge is 0.490 e. The molecule has 3 saturated carbocycles. The predicted molar refractivity (Wildman–Crippen MR) is 498 cm³/mol. The molecule has 5 aromatic carbocycles. The molecule has 0 spiro atoms. The number of benzene rings is 5. The smallest absolute Gasteiger partial charge is 0.387 e. The Hall–Kier alpha value is -16.3. The number of carbonyl (C=O) groups is 7. The van der Waals surface area contributed by atoms with Gasteiger partial charge in [-0.15, -0.1) is 0 Å². The predicted octanol–water partition coefficient (Wildman–Crippen LogP) is 15.4. The van der Waals surface area contributed by atoms with Gasteiger partial charge in [0.25, 0.3) is 11.1 Å². The lowest BCUT2D eigenvalue weighted by molar-refractivity contribution is -0.0495. The summed E-state index contributed by atoms with van der Waals surface area (Å²) in [6.07, 6.45) is 10.9. The number of anilines is 1. The number of pyridine rings is 8. The minimum atomic E-state index is -3.02. The van der Waals surface area contributed by atoms with Crippen LogP contribution in [0.5, 0.6) is 28.7 Å². The molecule has 0 unspecified atom stereocenters. The molecule has 3 aliphatic carbocycles. The summed E-state index contributed by atoms with van der Waals surface area (Å²) in [6.45, 7) is 13.6. The van der Waals surface area contributed by atoms with Crippen LogP contribution in [0.25, 0.3) is 65.7 Å². The number of alkyl halides is 4. The first kappa shape index (κ1) is 101. The molecule has 13 heterocycles. The first-order valence-corrected chi connectivity index (χ1v) is 44.1. The molecule has 0 saturated heterocycles. The van der Waals surface area contributed by atoms with E-state index in [0.29, 0.717) is 91.7 Å². The van der Waals surface area contributed by atoms with Crippen LogP contribution < -0.4 is 67.7 Å². The van der Waals surface area contributed by atoms with E-state index in [1.54, 1.807) is 47.5 Å². The number of aryl methyl sites for hydroxylation is 3. The quantitative estimate of drug-likeness (QED) is 0.0392. The molecule has 21 rings (SSSR count). The van der Waals surface area contributed by atoms with Crippen LogP contribution >= 0.6 is 11.6 Å². The van der Waals surface area contributed by atoms with Gasteiger partial charge >= 0.3 is 48.4 Å². The van der Waals surface area contributed by atoms with E-state index in [0.717, 1.165) is 70.8 Å². The number of nitrogens with two attached hydrogens (primary N) is 1. The summed E-state index contributed by atoms with van der Waals surface area (Å²) in [4.78, 5) is 167. The molecule has 14 aromatic rings. The number of nitrogens with zero attached hydrogens (tertiary/aromatic N) is 8. The first-order chi connectivity index (χ1) is 67.4. The van der Waals surface area contributed by atoms with Gasteiger partial charge in [0.2, 0.25) is 27.1 Å². The number of halogens is 10. The number of ether oxygens (including phenoxy) is 5. The Morgan fingerprint density at radius 1 is 0.462 bits per heavy atom. The Morgan fingerprint density at radius 2 is 0.874 bits per heavy atom. The molecule has 6 atom stereocenters. The van der Waals surface area contributed by atoms with Crippen LogP contribution in [0.2, 0.25) is 5.02 Å². The lowest BCUT2D eigenvalue weighted by Crippen LogP contribution is -2.29. The van der Waals surface area contributed by atoms with Crippen LogP contribution in [-0.4, -0.2) is 160 Å². The lowest BCUT2D eigenvalue weighted by Gasteiger charge is -2.28. The van der Waals surface area contributed by atoms with E-state index >= 15 is 0 Å². The third kappa shape index (κ3) is 18.4. The van der Waals surface area contributed by atoms with E-state index in [1.165, 1.54) is 85.0 Å². The summed E-state index contributed by atoms with van der Waals surface area (Å²) in [5, 5.41) is 64.2. The van der Waals surface area contributed by atoms with Crippen LogP contribution in [0, 0.1) is 77.6 Å². The van der Waals surface area contributed by atoms with Gasteiger partial charge in [0.15, 0.2) is 17.4 Å². The maximum Gasteiger partial charge on any atom is 0.387 e. The zero-order valence-electron chi connectivity index (χ0n) is 76.7. The first-order valence-electron chi connectivity index (χ1n) is 43.8. The molecule has 45 heteroatoms. The highest BCUT2D eigenvalue weighted by Crippen LogP contribution is 2.47. The van der Waals surface area contributed by atoms with Crippen molar-refractivity contribution in [1.82, 2.24) is 36.6 Å². The maximum absolute atomic E-state index is 14.2. The van der Waals surface area contributed by atoms with Crippen molar-refractivity contribution in [2.24, 2.45) is 0 Å². The number of aromatic carboxylic acids is 7. The minimum Gasteiger partial charge on any atom is -0.490 e. The zero-order chi connectivity index (χ0) is 104. The summed E-state index contributed by atoms with van der Waals surface area (Å²) in [5.41, 5.74) is 3.89. The van der Waals surface area contributed by atoms with E-state index in [1.807, 2.05) is 20.8 Å². The molecule has 3 fully saturated rings. The van der Waals surface area contributed by atoms with Gasteiger partial charge < -0.3 is 88.0 Å². The van der Waals surface area contributed by atoms with E-state index in [9.17, 15) is 107 Å². The number of hydrogen-bond acceptors (Lipinski definition) is 21. The van der Waals surface area contributed by atoms with Gasteiger partial charge in [0.1, 0.15) is 118 Å². The second-order valence-electron chi connectivity index (χ2n) is 35.1. The van der Waals surface area contributed by atoms with Crippen LogP contribution in [0.1, 0.15) is 218 Å². The second-order valence-corrected chi connectivity index (χ2v) is 35.4. The van der Waals surface area contributed by atoms with Gasteiger partial charge in [-0.1, -0.05) is 30.7 Å². The fraction of sp³-hybridized carbons (Fsp3) is 0.296. The molecule has 0 amide bonds. The van der Waals surface area contributed by atoms with Crippen LogP contribution in [0.4, 0.5) is 45.2 Å². The summed E-state index contributed by atoms with van der Waals surface area (Å²) in [6, 6.07) is 9.42. The average Bonchev–Trinajstić information content (AvgIpc) is 1.21. The van der Waals surface area contributed by atoms with Gasteiger partial charge in [0.05, 0.1) is 108 Å². The number of aromatic nitrogens is 8. The Labute approximate surface area is 800 Å². The van der Waals surface area contributed by atoms with Gasteiger partial charge in [-0.2, -0.15) is 8.78 Å². The van der Waals surface area contributed by atoms with Crippen molar-refractivity contribution in [2.45, 2.75) is 156 Å². The molecule has 0 bridgehead atoms. The fourth-order valence-corrected chi connectivity index (χ4v) is 17.6. The van der Waals surface area contributed by atoms with Crippen molar-refractivity contribution in [2.75, 3.05) is 38.8 Å². The third-order valence-electron chi connectivity index (χ3n) is 25.4. The Morgan fingerprint density at radius 3 is 1.36 bits per heavy atom. The van der Waals surface area contributed by atoms with Crippen molar-refractivity contribution in [3.63, 3.8) is 0 Å². The highest BCUT2D eigenvalue weighted by atomic mass is 35.5. The van der Waals surface area contributed by atoms with Crippen LogP contribution in [0.15, 0.2) is 125 Å². The van der Waals surface area contributed by atoms with Crippen molar-refractivity contribution >= 4 is 125 Å². The number of hydrogen-bond donors (Lipinski definition) is 8. The Kier molecular flexibility index (Phi) is 27.4. The molecule has 9 N–H and O–H groups in total. The molecule has 9 aromatic heterocycles. The van der Waals surface area contributed by atoms with Gasteiger partial charge in [-0.05, 0) is 153 Å². The molecule has 143 heavy (non-hydrogen) atoms. The van der Waals surface area contributed by atoms with Crippen molar-refractivity contribution in [1.29, 1.82) is 0 Å². The number of fused-ring (bicyclic) bond motifs is 3. The highest BCUT2D eigenvalue weighted by Gasteiger charge is 2.42. The Bertz CT molecular complexity index is 8260. The van der Waals surface area contributed by atoms with Gasteiger partial charge in [-0.25, -0.2) is 69.3 Å². The summed E-state index contributed by atoms with van der Waals surface area (Å²) < 4.78 is 157. The number of rotatable bonds is 13. The molecule has 35 nitrogen and oxygen atoms in total. The van der Waals surface area contributed by atoms with E-state index in [4.69, 9.17) is 72.0 Å². The lowest BCUT2D eigenvalue weighted by atomic mass is 9.96. The number of nitrogen functional groups attached to an aromatic ring is 1. The number of carboxylic acid groups (broad SMARTS) is 7. The molecular weight excluding hydrogens is 1930 g/mol. The topological polar surface area (TPSA) is 499 Å². The van der Waals surface area contributed by atoms with Crippen molar-refractivity contribution in [3.8, 4) is 28.7 Å². The summed E-state index contributed by atoms with van der Waals surface area (Å²) >= 11 is 6.23. The van der Waals surface area contributed by atoms with E-state index < -0.39 is 152 Å². The van der Waals surface area contributed by atoms with Crippen LogP contribution in [0.3, 0.4) is 0 Å². The van der Waals surface area contributed by atoms with Gasteiger partial charge in [-0.3, -0.25) is 42.4 Å². The third-order valence-corrected chi connectivity index (χ3v) is 25.9. The standard InChI is InChI=1S/C15H13F2NO4.C14H11ClFNO3.C14H11F2NO4.C14H13FN2O4.2C14H12FNO4.C13H11FN2O3/c1-7-2-5-9-11(13(7)22-15(16)17)18(8-3-4-8)6-10(12(9)19)14(20)21;1-6-2-3-7-12(11(6)15)17(10-4-9(10)16)5-8(13(7)18)14(19)20;1-6-10(16)2-8-11-13(6)21-5-7(3-15)17(11)4-9(12(8)18)14(19)20;1-5-4-21-13-6(2)9(15)10(16)8-11(13)17(5)3-7(12(8)18)14(19)20;1-6-5-20-13-7(2)10(15)3-8-11(13)16(6)4-9(12(8)17)14(18)19;1-6-5-20-12-7(2)10(15)4-16-11(12)8(6)3-9(13(16)17)14(18)19;1-6-10(14)5-16-11(15-6)8(7-2-3-7)4-9(12(16)17)13(18)19/h2,5-6,8,15H,3-4H2,1H3,(H,20,21);2-3,5,9-10H,4H2,1H3,(H,19,20);2,4,7H,3,5H2,1H3,(H,19,20);3,5H,4,16H2,1-2H3,(H,19,20);2*3-4,6H,5H2,1-2H3,(H,18,19);4-5,7H,2-3H2,1H3,(H,18,19)/t;9-,10+;7-;5-;2*6-;/m.00000./s1. The van der Waals surface area contributed by atoms with Gasteiger partial charge in [0, 0.05) is 83.2 Å². The SMILES string of the molecule is Cc1c(F)c(N)c2c(=O)c(C(=O)O)cn3c2c1OC[C@@H]3C.Cc1c(F)cc2c(=O)c(C(=O)O)cn3c2c1OC[C@@H]3C.Cc1c(F)cc2c(=O)c(C(=O)O)cn3c2c1OC[C@@H]3CF.Cc1c(F)cn2c(=O)c(C(=O)O)cc3c2c1OC[C@@H]3C.Cc1ccc2c(=O)c(C(=O)O)cn(C3CC3)c2c1OC(F)F.Cc1ccc2c(=O)c(C(=O)O)cn([C@@H]3C[C@@H]3F)c2c1Cl.Cc1nc2c(C3CC3)cc(C(=O)O)c(=O)n2cc1F. The summed E-state index contributed by atoms with van der Waals surface area (Å²) in [5.74, 6) is -11.5. The molecular formula is C98H83ClF9N9O26. The average molecular weight is 2010 g/mol. The maximum atomic E-state index is 14.2. The second kappa shape index (κ2) is 38.7. The van der Waals surface area contributed by atoms with Crippen molar-refractivity contribution < 1.29 is 133 Å². The molecule has 746 valence electrons. The number of carboxylic acids is 7. The van der Waals surface area contributed by atoms with E-state index in [2.05, 4.69) is 9.72 Å². The van der Waals surface area contributed by atoms with Crippen molar-refractivity contribution in [3.05, 3.63) is 287 Å². The highest BCUT2D eigenvalue weighted by molar-refractivity contribution is 6.36. The molecule has 0 radical (unpaired) electrons. The molecule has 4 aliphatic heterocycles. The fourth-order valence-electron chi connectivity index (χ4n) is 17.3. The van der Waals surface area contributed by atoms with Crippen LogP contribution in [-0.2, 0) is 0 Å². The summed E-state index contributed by atoms with van der Waals surface area (Å²) in [7, 11) is 0. The monoisotopic (exact) mass is 2010 g/mol. The molecule has 7 aliphatic rings.